The molecule has 4 heterocycles. The number of hydrogen-bond donors (Lipinski definition) is 0. The Kier molecular flexibility index (Phi) is 6.41. The molecule has 1 aromatic rings. The Labute approximate surface area is 204 Å². The molecule has 0 bridgehead atoms. The summed E-state index contributed by atoms with van der Waals surface area (Å²) in [6.07, 6.45) is 0.929. The number of hydrogen-bond acceptors (Lipinski definition) is 5. The highest BCUT2D eigenvalue weighted by Crippen LogP contribution is 2.58. The summed E-state index contributed by atoms with van der Waals surface area (Å²) >= 11 is 0. The van der Waals surface area contributed by atoms with Gasteiger partial charge in [-0.3, -0.25) is 9.78 Å². The van der Waals surface area contributed by atoms with Crippen LogP contribution in [0.5, 0.6) is 0 Å². The van der Waals surface area contributed by atoms with Gasteiger partial charge in [-0.1, -0.05) is 0 Å². The fourth-order valence-corrected chi connectivity index (χ4v) is 7.06. The number of nitrogens with zero attached hydrogens (tertiary/aromatic N) is 2. The van der Waals surface area contributed by atoms with E-state index >= 15 is 0 Å². The molecular formula is C26H35F3N2O4. The van der Waals surface area contributed by atoms with Crippen molar-refractivity contribution < 1.29 is 32.2 Å². The van der Waals surface area contributed by atoms with Gasteiger partial charge in [-0.2, -0.15) is 13.2 Å². The highest BCUT2D eigenvalue weighted by Gasteiger charge is 2.62. The highest BCUT2D eigenvalue weighted by atomic mass is 19.4. The molecule has 1 amide bonds. The van der Waals surface area contributed by atoms with E-state index in [0.29, 0.717) is 49.1 Å². The maximum Gasteiger partial charge on any atom is 0.417 e. The Morgan fingerprint density at radius 2 is 2.14 bits per heavy atom. The zero-order valence-corrected chi connectivity index (χ0v) is 20.7. The third-order valence-corrected chi connectivity index (χ3v) is 8.48. The van der Waals surface area contributed by atoms with Gasteiger partial charge >= 0.3 is 6.18 Å². The van der Waals surface area contributed by atoms with Crippen LogP contribution in [0.2, 0.25) is 0 Å². The molecule has 6 nitrogen and oxygen atoms in total. The van der Waals surface area contributed by atoms with E-state index < -0.39 is 22.8 Å². The Bertz CT molecular complexity index is 968. The predicted molar refractivity (Wildman–Crippen MR) is 121 cm³/mol. The molecule has 3 aliphatic heterocycles. The van der Waals surface area contributed by atoms with Gasteiger partial charge in [0.15, 0.2) is 0 Å². The quantitative estimate of drug-likeness (QED) is 0.619. The molecule has 194 valence electrons. The first kappa shape index (κ1) is 25.0. The van der Waals surface area contributed by atoms with E-state index in [9.17, 15) is 18.0 Å². The first-order valence-electron chi connectivity index (χ1n) is 12.6. The van der Waals surface area contributed by atoms with Crippen molar-refractivity contribution in [2.75, 3.05) is 26.9 Å². The number of methoxy groups -OCH3 is 1. The Morgan fingerprint density at radius 3 is 2.89 bits per heavy atom. The number of pyridine rings is 1. The molecule has 0 aromatic carbocycles. The van der Waals surface area contributed by atoms with Crippen molar-refractivity contribution in [3.05, 3.63) is 29.1 Å². The van der Waals surface area contributed by atoms with Gasteiger partial charge in [-0.05, 0) is 69.4 Å². The van der Waals surface area contributed by atoms with E-state index in [0.717, 1.165) is 44.6 Å². The summed E-state index contributed by atoms with van der Waals surface area (Å²) in [7, 11) is 1.72. The van der Waals surface area contributed by atoms with Crippen LogP contribution in [-0.2, 0) is 38.1 Å². The number of ether oxygens (including phenoxy) is 3. The SMILES string of the molecule is COC1COCCC1C[C@@H]1C[C@H]2OC(C)(C)C[C@@]2(C(=O)N2CCc3ncc(C(F)(F)F)cc3C2)C1. The molecule has 3 fully saturated rings. The van der Waals surface area contributed by atoms with Crippen LogP contribution < -0.4 is 0 Å². The second-order valence-electron chi connectivity index (χ2n) is 11.4. The van der Waals surface area contributed by atoms with Crippen molar-refractivity contribution in [3.63, 3.8) is 0 Å². The van der Waals surface area contributed by atoms with Crippen LogP contribution in [0.4, 0.5) is 13.2 Å². The van der Waals surface area contributed by atoms with Gasteiger partial charge in [0.1, 0.15) is 0 Å². The summed E-state index contributed by atoms with van der Waals surface area (Å²) < 4.78 is 57.4. The average Bonchev–Trinajstić information content (AvgIpc) is 3.26. The number of halogens is 3. The van der Waals surface area contributed by atoms with Gasteiger partial charge < -0.3 is 19.1 Å². The fourth-order valence-electron chi connectivity index (χ4n) is 7.06. The molecule has 5 rings (SSSR count). The summed E-state index contributed by atoms with van der Waals surface area (Å²) in [6, 6.07) is 1.15. The van der Waals surface area contributed by atoms with Crippen LogP contribution in [0.3, 0.4) is 0 Å². The topological polar surface area (TPSA) is 60.9 Å². The summed E-state index contributed by atoms with van der Waals surface area (Å²) in [6.45, 7) is 6.02. The minimum absolute atomic E-state index is 0.0221. The number of aromatic nitrogens is 1. The van der Waals surface area contributed by atoms with Gasteiger partial charge in [0.2, 0.25) is 5.91 Å². The molecule has 5 atom stereocenters. The lowest BCUT2D eigenvalue weighted by Gasteiger charge is -2.37. The van der Waals surface area contributed by atoms with Crippen molar-refractivity contribution in [3.8, 4) is 0 Å². The van der Waals surface area contributed by atoms with Crippen molar-refractivity contribution in [1.82, 2.24) is 9.88 Å². The van der Waals surface area contributed by atoms with Crippen LogP contribution in [0.1, 0.15) is 62.8 Å². The van der Waals surface area contributed by atoms with Gasteiger partial charge in [0.25, 0.3) is 0 Å². The highest BCUT2D eigenvalue weighted by molar-refractivity contribution is 5.84. The standard InChI is InChI=1S/C26H35F3N2O4/c1-24(2)15-25(11-16(9-22(25)35-24)8-17-5-7-34-14-21(17)33-3)23(32)31-6-4-20-18(13-31)10-19(12-30-20)26(27,28)29/h10,12,16-17,21-22H,4-9,11,13-15H2,1-3H3/t16-,17?,21?,22-,25+/m1/s1. The number of alkyl halides is 3. The summed E-state index contributed by atoms with van der Waals surface area (Å²) in [5.41, 5.74) is -0.664. The van der Waals surface area contributed by atoms with Crippen molar-refractivity contribution in [2.45, 2.75) is 82.9 Å². The van der Waals surface area contributed by atoms with Crippen LogP contribution in [0.15, 0.2) is 12.3 Å². The number of rotatable bonds is 4. The van der Waals surface area contributed by atoms with E-state index in [1.807, 2.05) is 13.8 Å². The first-order chi connectivity index (χ1) is 16.5. The van der Waals surface area contributed by atoms with Crippen molar-refractivity contribution >= 4 is 5.91 Å². The number of carbonyl (C=O) groups is 1. The maximum atomic E-state index is 14.1. The first-order valence-corrected chi connectivity index (χ1v) is 12.6. The second-order valence-corrected chi connectivity index (χ2v) is 11.4. The lowest BCUT2D eigenvalue weighted by atomic mass is 9.75. The molecule has 35 heavy (non-hydrogen) atoms. The normalized spacial score (nSPS) is 34.5. The molecule has 1 aliphatic carbocycles. The van der Waals surface area contributed by atoms with E-state index in [-0.39, 0.29) is 24.7 Å². The zero-order valence-electron chi connectivity index (χ0n) is 20.7. The largest absolute Gasteiger partial charge is 0.417 e. The van der Waals surface area contributed by atoms with Gasteiger partial charge in [0, 0.05) is 45.1 Å². The minimum Gasteiger partial charge on any atom is -0.379 e. The summed E-state index contributed by atoms with van der Waals surface area (Å²) in [5, 5.41) is 0. The third kappa shape index (κ3) is 4.71. The monoisotopic (exact) mass is 496 g/mol. The molecule has 0 radical (unpaired) electrons. The lowest BCUT2D eigenvalue weighted by molar-refractivity contribution is -0.145. The van der Waals surface area contributed by atoms with E-state index in [1.54, 1.807) is 12.0 Å². The van der Waals surface area contributed by atoms with E-state index in [2.05, 4.69) is 4.98 Å². The molecule has 2 unspecified atom stereocenters. The minimum atomic E-state index is -4.45. The maximum absolute atomic E-state index is 14.1. The fraction of sp³-hybridized carbons (Fsp3) is 0.769. The van der Waals surface area contributed by atoms with Crippen LogP contribution in [0.25, 0.3) is 0 Å². The van der Waals surface area contributed by atoms with E-state index in [1.165, 1.54) is 0 Å². The van der Waals surface area contributed by atoms with Gasteiger partial charge in [0.05, 0.1) is 35.4 Å². The molecule has 2 saturated heterocycles. The molecule has 1 saturated carbocycles. The van der Waals surface area contributed by atoms with Crippen molar-refractivity contribution in [1.29, 1.82) is 0 Å². The second kappa shape index (κ2) is 8.99. The van der Waals surface area contributed by atoms with Gasteiger partial charge in [-0.25, -0.2) is 0 Å². The summed E-state index contributed by atoms with van der Waals surface area (Å²) in [4.78, 5) is 19.9. The molecule has 0 spiro atoms. The van der Waals surface area contributed by atoms with Crippen LogP contribution in [-0.4, -0.2) is 60.5 Å². The number of carbonyl (C=O) groups excluding carboxylic acids is 1. The lowest BCUT2D eigenvalue weighted by Crippen LogP contribution is -2.48. The zero-order chi connectivity index (χ0) is 25.0. The Hall–Kier alpha value is -1.71. The van der Waals surface area contributed by atoms with Crippen LogP contribution in [0, 0.1) is 17.3 Å². The predicted octanol–water partition coefficient (Wildman–Crippen LogP) is 4.39. The molecule has 0 N–H and O–H groups in total. The van der Waals surface area contributed by atoms with Gasteiger partial charge in [-0.15, -0.1) is 0 Å². The Balaban J connectivity index is 1.35. The Morgan fingerprint density at radius 1 is 1.34 bits per heavy atom. The number of amides is 1. The molecule has 9 heteroatoms. The number of fused-ring (bicyclic) bond motifs is 2. The van der Waals surface area contributed by atoms with E-state index in [4.69, 9.17) is 14.2 Å². The molecular weight excluding hydrogens is 461 g/mol. The smallest absolute Gasteiger partial charge is 0.379 e. The molecule has 1 aromatic heterocycles. The third-order valence-electron chi connectivity index (χ3n) is 8.48. The summed E-state index contributed by atoms with van der Waals surface area (Å²) in [5.74, 6) is 0.761. The van der Waals surface area contributed by atoms with Crippen LogP contribution >= 0.6 is 0 Å². The van der Waals surface area contributed by atoms with Crippen molar-refractivity contribution in [2.24, 2.45) is 17.3 Å². The average molecular weight is 497 g/mol. The molecule has 4 aliphatic rings.